The standard InChI is InChI=1S/C12H15N3OS/c13-7-9(6-10-2-1-5-17-10)12-15-14-11(16-12)8-3-4-8/h1-2,5,8-9H,3-4,6-7,13H2. The molecule has 4 nitrogen and oxygen atoms in total. The molecule has 1 unspecified atom stereocenters. The van der Waals surface area contributed by atoms with Crippen LogP contribution in [0.25, 0.3) is 0 Å². The van der Waals surface area contributed by atoms with Crippen LogP contribution >= 0.6 is 11.3 Å². The van der Waals surface area contributed by atoms with E-state index in [0.29, 0.717) is 18.4 Å². The normalized spacial score (nSPS) is 17.2. The smallest absolute Gasteiger partial charge is 0.221 e. The number of thiophene rings is 1. The van der Waals surface area contributed by atoms with E-state index in [1.165, 1.54) is 17.7 Å². The molecule has 0 amide bonds. The lowest BCUT2D eigenvalue weighted by molar-refractivity contribution is 0.416. The van der Waals surface area contributed by atoms with Gasteiger partial charge in [0.05, 0.1) is 5.92 Å². The van der Waals surface area contributed by atoms with Crippen molar-refractivity contribution in [2.75, 3.05) is 6.54 Å². The fourth-order valence-electron chi connectivity index (χ4n) is 1.85. The molecule has 3 rings (SSSR count). The molecule has 17 heavy (non-hydrogen) atoms. The van der Waals surface area contributed by atoms with Crippen molar-refractivity contribution in [2.24, 2.45) is 5.73 Å². The number of nitrogens with two attached hydrogens (primary N) is 1. The monoisotopic (exact) mass is 249 g/mol. The zero-order chi connectivity index (χ0) is 11.7. The lowest BCUT2D eigenvalue weighted by Gasteiger charge is -2.08. The van der Waals surface area contributed by atoms with Crippen molar-refractivity contribution in [1.82, 2.24) is 10.2 Å². The van der Waals surface area contributed by atoms with E-state index in [1.807, 2.05) is 0 Å². The number of rotatable bonds is 5. The van der Waals surface area contributed by atoms with Crippen LogP contribution in [0, 0.1) is 0 Å². The summed E-state index contributed by atoms with van der Waals surface area (Å²) < 4.78 is 5.71. The molecule has 2 heterocycles. The van der Waals surface area contributed by atoms with E-state index in [-0.39, 0.29) is 5.92 Å². The van der Waals surface area contributed by atoms with E-state index >= 15 is 0 Å². The number of hydrogen-bond donors (Lipinski definition) is 1. The van der Waals surface area contributed by atoms with Crippen molar-refractivity contribution < 1.29 is 4.42 Å². The Labute approximate surface area is 104 Å². The molecule has 1 atom stereocenters. The largest absolute Gasteiger partial charge is 0.425 e. The molecular formula is C12H15N3OS. The van der Waals surface area contributed by atoms with Gasteiger partial charge in [0.2, 0.25) is 11.8 Å². The van der Waals surface area contributed by atoms with Gasteiger partial charge in [-0.2, -0.15) is 0 Å². The van der Waals surface area contributed by atoms with Gasteiger partial charge in [0.15, 0.2) is 0 Å². The molecule has 2 aromatic heterocycles. The van der Waals surface area contributed by atoms with Crippen LogP contribution in [0.1, 0.15) is 41.3 Å². The number of nitrogens with zero attached hydrogens (tertiary/aromatic N) is 2. The van der Waals surface area contributed by atoms with Gasteiger partial charge in [0.25, 0.3) is 0 Å². The maximum atomic E-state index is 5.80. The summed E-state index contributed by atoms with van der Waals surface area (Å²) in [6, 6.07) is 4.17. The van der Waals surface area contributed by atoms with E-state index in [1.54, 1.807) is 11.3 Å². The molecule has 0 saturated heterocycles. The van der Waals surface area contributed by atoms with Crippen molar-refractivity contribution in [3.63, 3.8) is 0 Å². The third kappa shape index (κ3) is 2.40. The number of aromatic nitrogens is 2. The number of hydrogen-bond acceptors (Lipinski definition) is 5. The van der Waals surface area contributed by atoms with Crippen molar-refractivity contribution in [3.05, 3.63) is 34.2 Å². The van der Waals surface area contributed by atoms with Crippen LogP contribution in [0.4, 0.5) is 0 Å². The molecule has 0 radical (unpaired) electrons. The molecule has 5 heteroatoms. The van der Waals surface area contributed by atoms with Gasteiger partial charge in [-0.1, -0.05) is 6.07 Å². The van der Waals surface area contributed by atoms with E-state index < -0.39 is 0 Å². The van der Waals surface area contributed by atoms with E-state index in [4.69, 9.17) is 10.2 Å². The summed E-state index contributed by atoms with van der Waals surface area (Å²) in [6.45, 7) is 0.546. The first kappa shape index (κ1) is 10.9. The molecule has 2 aromatic rings. The lowest BCUT2D eigenvalue weighted by Crippen LogP contribution is -2.15. The highest BCUT2D eigenvalue weighted by Crippen LogP contribution is 2.39. The predicted octanol–water partition coefficient (Wildman–Crippen LogP) is 2.29. The Balaban J connectivity index is 1.74. The molecule has 1 aliphatic rings. The van der Waals surface area contributed by atoms with Crippen LogP contribution in [0.2, 0.25) is 0 Å². The van der Waals surface area contributed by atoms with E-state index in [9.17, 15) is 0 Å². The Hall–Kier alpha value is -1.20. The first-order chi connectivity index (χ1) is 8.36. The van der Waals surface area contributed by atoms with Gasteiger partial charge in [-0.3, -0.25) is 0 Å². The Bertz CT molecular complexity index is 476. The summed E-state index contributed by atoms with van der Waals surface area (Å²) >= 11 is 1.74. The van der Waals surface area contributed by atoms with Gasteiger partial charge in [-0.25, -0.2) is 0 Å². The van der Waals surface area contributed by atoms with Crippen molar-refractivity contribution in [1.29, 1.82) is 0 Å². The van der Waals surface area contributed by atoms with Gasteiger partial charge in [-0.15, -0.1) is 21.5 Å². The molecule has 1 fully saturated rings. The summed E-state index contributed by atoms with van der Waals surface area (Å²) in [5.74, 6) is 2.15. The Morgan fingerprint density at radius 1 is 1.47 bits per heavy atom. The summed E-state index contributed by atoms with van der Waals surface area (Å²) in [5.41, 5.74) is 5.80. The highest BCUT2D eigenvalue weighted by atomic mass is 32.1. The molecule has 2 N–H and O–H groups in total. The molecular weight excluding hydrogens is 234 g/mol. The molecule has 1 aliphatic carbocycles. The minimum absolute atomic E-state index is 0.147. The first-order valence-corrected chi connectivity index (χ1v) is 6.80. The van der Waals surface area contributed by atoms with Crippen LogP contribution < -0.4 is 5.73 Å². The van der Waals surface area contributed by atoms with Crippen LogP contribution in [0.15, 0.2) is 21.9 Å². The third-order valence-electron chi connectivity index (χ3n) is 3.04. The second kappa shape index (κ2) is 4.58. The SMILES string of the molecule is NCC(Cc1cccs1)c1nnc(C2CC2)o1. The van der Waals surface area contributed by atoms with Crippen molar-refractivity contribution >= 4 is 11.3 Å². The highest BCUT2D eigenvalue weighted by molar-refractivity contribution is 7.09. The molecule has 0 bridgehead atoms. The second-order valence-corrected chi connectivity index (χ2v) is 5.50. The van der Waals surface area contributed by atoms with Crippen LogP contribution in [-0.4, -0.2) is 16.7 Å². The van der Waals surface area contributed by atoms with Crippen LogP contribution in [0.3, 0.4) is 0 Å². The molecule has 90 valence electrons. The average molecular weight is 249 g/mol. The zero-order valence-electron chi connectivity index (χ0n) is 9.50. The van der Waals surface area contributed by atoms with Gasteiger partial charge in [0.1, 0.15) is 0 Å². The van der Waals surface area contributed by atoms with E-state index in [0.717, 1.165) is 12.3 Å². The van der Waals surface area contributed by atoms with E-state index in [2.05, 4.69) is 27.7 Å². The summed E-state index contributed by atoms with van der Waals surface area (Å²) in [6.07, 6.45) is 3.25. The van der Waals surface area contributed by atoms with Gasteiger partial charge >= 0.3 is 0 Å². The second-order valence-electron chi connectivity index (χ2n) is 4.47. The minimum atomic E-state index is 0.147. The first-order valence-electron chi connectivity index (χ1n) is 5.92. The topological polar surface area (TPSA) is 64.9 Å². The maximum Gasteiger partial charge on any atom is 0.221 e. The fraction of sp³-hybridized carbons (Fsp3) is 0.500. The highest BCUT2D eigenvalue weighted by Gasteiger charge is 2.30. The van der Waals surface area contributed by atoms with Crippen LogP contribution in [-0.2, 0) is 6.42 Å². The van der Waals surface area contributed by atoms with Crippen molar-refractivity contribution in [2.45, 2.75) is 31.1 Å². The minimum Gasteiger partial charge on any atom is -0.425 e. The van der Waals surface area contributed by atoms with Crippen LogP contribution in [0.5, 0.6) is 0 Å². The molecule has 1 saturated carbocycles. The lowest BCUT2D eigenvalue weighted by atomic mass is 10.1. The molecule has 0 aromatic carbocycles. The summed E-state index contributed by atoms with van der Waals surface area (Å²) in [5, 5.41) is 10.3. The third-order valence-corrected chi connectivity index (χ3v) is 3.94. The van der Waals surface area contributed by atoms with Gasteiger partial charge < -0.3 is 10.2 Å². The predicted molar refractivity (Wildman–Crippen MR) is 66.1 cm³/mol. The molecule has 0 aliphatic heterocycles. The Morgan fingerprint density at radius 3 is 3.00 bits per heavy atom. The zero-order valence-corrected chi connectivity index (χ0v) is 10.3. The van der Waals surface area contributed by atoms with Gasteiger partial charge in [0, 0.05) is 17.3 Å². The molecule has 0 spiro atoms. The maximum absolute atomic E-state index is 5.80. The summed E-state index contributed by atoms with van der Waals surface area (Å²) in [4.78, 5) is 1.31. The Kier molecular flexibility index (Phi) is 2.94. The van der Waals surface area contributed by atoms with Gasteiger partial charge in [-0.05, 0) is 30.7 Å². The fourth-order valence-corrected chi connectivity index (χ4v) is 2.64. The van der Waals surface area contributed by atoms with Crippen molar-refractivity contribution in [3.8, 4) is 0 Å². The summed E-state index contributed by atoms with van der Waals surface area (Å²) in [7, 11) is 0. The Morgan fingerprint density at radius 2 is 2.35 bits per heavy atom. The average Bonchev–Trinajstić information content (AvgIpc) is 2.89. The quantitative estimate of drug-likeness (QED) is 0.883.